The minimum Gasteiger partial charge on any atom is -0.399 e. The van der Waals surface area contributed by atoms with Crippen LogP contribution < -0.4 is 5.73 Å². The molecule has 0 aliphatic carbocycles. The van der Waals surface area contributed by atoms with Crippen molar-refractivity contribution in [1.29, 1.82) is 0 Å². The van der Waals surface area contributed by atoms with Crippen molar-refractivity contribution in [1.82, 2.24) is 9.55 Å². The molecule has 4 heteroatoms. The molecule has 0 saturated carbocycles. The number of nitrogen functional groups attached to an aromatic ring is 1. The minimum atomic E-state index is 0.574. The molecule has 3 aromatic carbocycles. The molecule has 1 unspecified atom stereocenters. The summed E-state index contributed by atoms with van der Waals surface area (Å²) in [7, 11) is 0. The molecule has 30 heavy (non-hydrogen) atoms. The van der Waals surface area contributed by atoms with E-state index in [2.05, 4.69) is 82.1 Å². The van der Waals surface area contributed by atoms with Crippen LogP contribution in [0.15, 0.2) is 85.5 Å². The first kappa shape index (κ1) is 20.5. The number of hydrogen-bond acceptors (Lipinski definition) is 3. The third-order valence-electron chi connectivity index (χ3n) is 5.53. The van der Waals surface area contributed by atoms with Crippen LogP contribution in [0.1, 0.15) is 24.0 Å². The largest absolute Gasteiger partial charge is 0.399 e. The first-order valence-electron chi connectivity index (χ1n) is 10.7. The molecule has 1 heterocycles. The fraction of sp³-hybridized carbons (Fsp3) is 0.269. The van der Waals surface area contributed by atoms with Crippen LogP contribution in [0.25, 0.3) is 10.8 Å². The number of anilines is 1. The molecule has 154 valence electrons. The molecule has 3 nitrogen and oxygen atoms in total. The van der Waals surface area contributed by atoms with Gasteiger partial charge in [-0.1, -0.05) is 54.6 Å². The van der Waals surface area contributed by atoms with E-state index in [-0.39, 0.29) is 0 Å². The lowest BCUT2D eigenvalue weighted by molar-refractivity contribution is 0.624. The van der Waals surface area contributed by atoms with Gasteiger partial charge in [-0.05, 0) is 65.5 Å². The predicted octanol–water partition coefficient (Wildman–Crippen LogP) is 5.99. The number of imidazole rings is 1. The van der Waals surface area contributed by atoms with Gasteiger partial charge in [0.25, 0.3) is 0 Å². The number of hydrogen-bond donors (Lipinski definition) is 1. The standard InChI is InChI=1S/C26H29N3S/c27-24-13-10-21(11-14-24)5-4-18-30-25(19-29-17-16-28-20-29)15-12-23-8-3-7-22-6-1-2-9-26(22)23/h1-3,6-11,13-14,16-17,20,25H,4-5,12,15,18-19,27H2. The molecule has 0 radical (unpaired) electrons. The van der Waals surface area contributed by atoms with Gasteiger partial charge in [-0.15, -0.1) is 0 Å². The summed E-state index contributed by atoms with van der Waals surface area (Å²) in [6.07, 6.45) is 10.4. The molecule has 0 aliphatic heterocycles. The number of aryl methyl sites for hydroxylation is 2. The highest BCUT2D eigenvalue weighted by Gasteiger charge is 2.12. The van der Waals surface area contributed by atoms with Gasteiger partial charge in [0.1, 0.15) is 0 Å². The van der Waals surface area contributed by atoms with Gasteiger partial charge in [-0.3, -0.25) is 0 Å². The van der Waals surface area contributed by atoms with Crippen molar-refractivity contribution >= 4 is 28.2 Å². The Balaban J connectivity index is 1.35. The van der Waals surface area contributed by atoms with E-state index in [9.17, 15) is 0 Å². The Morgan fingerprint density at radius 1 is 0.933 bits per heavy atom. The van der Waals surface area contributed by atoms with Crippen molar-refractivity contribution in [2.75, 3.05) is 11.5 Å². The Morgan fingerprint density at radius 2 is 1.77 bits per heavy atom. The van der Waals surface area contributed by atoms with E-state index < -0.39 is 0 Å². The number of nitrogens with zero attached hydrogens (tertiary/aromatic N) is 2. The molecule has 4 aromatic rings. The third-order valence-corrected chi connectivity index (χ3v) is 6.91. The number of aromatic nitrogens is 2. The molecule has 2 N–H and O–H groups in total. The zero-order valence-electron chi connectivity index (χ0n) is 17.3. The van der Waals surface area contributed by atoms with E-state index in [4.69, 9.17) is 5.73 Å². The predicted molar refractivity (Wildman–Crippen MR) is 130 cm³/mol. The van der Waals surface area contributed by atoms with Crippen molar-refractivity contribution in [3.8, 4) is 0 Å². The van der Waals surface area contributed by atoms with Crippen LogP contribution in [0.5, 0.6) is 0 Å². The Hall–Kier alpha value is -2.72. The summed E-state index contributed by atoms with van der Waals surface area (Å²) in [6, 6.07) is 23.6. The Labute approximate surface area is 183 Å². The van der Waals surface area contributed by atoms with Gasteiger partial charge < -0.3 is 10.3 Å². The third kappa shape index (κ3) is 5.67. The van der Waals surface area contributed by atoms with Crippen LogP contribution in [-0.4, -0.2) is 20.6 Å². The molecule has 4 rings (SSSR count). The summed E-state index contributed by atoms with van der Waals surface area (Å²) in [5.74, 6) is 1.17. The molecule has 0 saturated heterocycles. The van der Waals surface area contributed by atoms with Crippen molar-refractivity contribution < 1.29 is 0 Å². The quantitative estimate of drug-likeness (QED) is 0.256. The summed E-state index contributed by atoms with van der Waals surface area (Å²) < 4.78 is 2.21. The topological polar surface area (TPSA) is 43.8 Å². The number of thioether (sulfide) groups is 1. The van der Waals surface area contributed by atoms with E-state index in [1.807, 2.05) is 24.7 Å². The van der Waals surface area contributed by atoms with Gasteiger partial charge >= 0.3 is 0 Å². The highest BCUT2D eigenvalue weighted by molar-refractivity contribution is 7.99. The highest BCUT2D eigenvalue weighted by Crippen LogP contribution is 2.25. The maximum absolute atomic E-state index is 5.79. The molecule has 0 amide bonds. The van der Waals surface area contributed by atoms with E-state index in [1.165, 1.54) is 40.5 Å². The van der Waals surface area contributed by atoms with Crippen LogP contribution in [0.3, 0.4) is 0 Å². The fourth-order valence-corrected chi connectivity index (χ4v) is 5.10. The lowest BCUT2D eigenvalue weighted by Gasteiger charge is -2.18. The summed E-state index contributed by atoms with van der Waals surface area (Å²) in [6.45, 7) is 1.01. The lowest BCUT2D eigenvalue weighted by Crippen LogP contribution is -2.14. The second-order valence-corrected chi connectivity index (χ2v) is 9.18. The molecule has 1 atom stereocenters. The molecule has 0 bridgehead atoms. The first-order chi connectivity index (χ1) is 14.8. The van der Waals surface area contributed by atoms with Crippen molar-refractivity contribution in [3.63, 3.8) is 0 Å². The molecular weight excluding hydrogens is 386 g/mol. The van der Waals surface area contributed by atoms with Crippen molar-refractivity contribution in [3.05, 3.63) is 96.6 Å². The van der Waals surface area contributed by atoms with E-state index in [1.54, 1.807) is 0 Å². The fourth-order valence-electron chi connectivity index (χ4n) is 3.89. The monoisotopic (exact) mass is 415 g/mol. The molecule has 0 spiro atoms. The van der Waals surface area contributed by atoms with E-state index in [0.29, 0.717) is 5.25 Å². The zero-order valence-corrected chi connectivity index (χ0v) is 18.1. The second kappa shape index (κ2) is 10.4. The summed E-state index contributed by atoms with van der Waals surface area (Å²) in [4.78, 5) is 4.22. The van der Waals surface area contributed by atoms with E-state index >= 15 is 0 Å². The van der Waals surface area contributed by atoms with Gasteiger partial charge in [-0.2, -0.15) is 11.8 Å². The molecule has 0 aliphatic rings. The molecule has 1 aromatic heterocycles. The van der Waals surface area contributed by atoms with Crippen LogP contribution >= 0.6 is 11.8 Å². The molecule has 0 fully saturated rings. The smallest absolute Gasteiger partial charge is 0.0946 e. The normalized spacial score (nSPS) is 12.3. The van der Waals surface area contributed by atoms with Crippen LogP contribution in [0, 0.1) is 0 Å². The summed E-state index contributed by atoms with van der Waals surface area (Å²) in [5, 5.41) is 3.29. The van der Waals surface area contributed by atoms with Crippen LogP contribution in [0.4, 0.5) is 5.69 Å². The van der Waals surface area contributed by atoms with Crippen molar-refractivity contribution in [2.45, 2.75) is 37.5 Å². The summed E-state index contributed by atoms with van der Waals surface area (Å²) >= 11 is 2.09. The van der Waals surface area contributed by atoms with Gasteiger partial charge in [0, 0.05) is 29.9 Å². The number of benzene rings is 3. The summed E-state index contributed by atoms with van der Waals surface area (Å²) in [5.41, 5.74) is 9.44. The Morgan fingerprint density at radius 3 is 2.60 bits per heavy atom. The number of rotatable bonds is 10. The van der Waals surface area contributed by atoms with Crippen molar-refractivity contribution in [2.24, 2.45) is 0 Å². The highest BCUT2D eigenvalue weighted by atomic mass is 32.2. The van der Waals surface area contributed by atoms with E-state index in [0.717, 1.165) is 25.1 Å². The zero-order chi connectivity index (χ0) is 20.6. The maximum atomic E-state index is 5.79. The SMILES string of the molecule is Nc1ccc(CCCSC(CCc2cccc3ccccc23)Cn2ccnc2)cc1. The molecular formula is C26H29N3S. The minimum absolute atomic E-state index is 0.574. The first-order valence-corrected chi connectivity index (χ1v) is 11.7. The Kier molecular flexibility index (Phi) is 7.09. The van der Waals surface area contributed by atoms with Gasteiger partial charge in [0.2, 0.25) is 0 Å². The number of fused-ring (bicyclic) bond motifs is 1. The average Bonchev–Trinajstić information content (AvgIpc) is 3.29. The lowest BCUT2D eigenvalue weighted by atomic mass is 10.00. The Bertz CT molecular complexity index is 1040. The second-order valence-electron chi connectivity index (χ2n) is 7.77. The average molecular weight is 416 g/mol. The van der Waals surface area contributed by atoms with Gasteiger partial charge in [0.05, 0.1) is 6.33 Å². The van der Waals surface area contributed by atoms with Gasteiger partial charge in [-0.25, -0.2) is 4.98 Å². The maximum Gasteiger partial charge on any atom is 0.0946 e. The van der Waals surface area contributed by atoms with Gasteiger partial charge in [0.15, 0.2) is 0 Å². The van der Waals surface area contributed by atoms with Crippen LogP contribution in [-0.2, 0) is 19.4 Å². The number of nitrogens with two attached hydrogens (primary N) is 1. The van der Waals surface area contributed by atoms with Crippen LogP contribution in [0.2, 0.25) is 0 Å².